The van der Waals surface area contributed by atoms with Crippen LogP contribution in [0.15, 0.2) is 18.2 Å². The van der Waals surface area contributed by atoms with Crippen molar-refractivity contribution in [1.82, 2.24) is 0 Å². The number of anilines is 1. The fraction of sp³-hybridized carbons (Fsp3) is 0.538. The molecular weight excluding hydrogens is 221 g/mol. The first-order valence-electron chi connectivity index (χ1n) is 6.05. The minimum Gasteiger partial charge on any atom is -0.491 e. The Morgan fingerprint density at radius 1 is 1.47 bits per heavy atom. The van der Waals surface area contributed by atoms with Gasteiger partial charge in [0.25, 0.3) is 0 Å². The van der Waals surface area contributed by atoms with E-state index in [1.165, 1.54) is 12.1 Å². The van der Waals surface area contributed by atoms with Crippen molar-refractivity contribution in [2.75, 3.05) is 18.9 Å². The van der Waals surface area contributed by atoms with Crippen molar-refractivity contribution in [2.45, 2.75) is 31.8 Å². The van der Waals surface area contributed by atoms with Crippen LogP contribution in [0.25, 0.3) is 0 Å². The van der Waals surface area contributed by atoms with Gasteiger partial charge in [0.15, 0.2) is 0 Å². The average Bonchev–Trinajstić information content (AvgIpc) is 2.79. The third-order valence-electron chi connectivity index (χ3n) is 2.92. The van der Waals surface area contributed by atoms with Gasteiger partial charge in [-0.05, 0) is 37.8 Å². The third kappa shape index (κ3) is 3.60. The topological polar surface area (TPSA) is 44.5 Å². The van der Waals surface area contributed by atoms with E-state index >= 15 is 0 Å². The first-order chi connectivity index (χ1) is 8.25. The predicted molar refractivity (Wildman–Crippen MR) is 64.5 cm³/mol. The molecule has 0 aromatic heterocycles. The predicted octanol–water partition coefficient (Wildman–Crippen LogP) is 2.75. The van der Waals surface area contributed by atoms with E-state index in [1.54, 1.807) is 6.07 Å². The molecule has 1 aromatic rings. The molecule has 1 fully saturated rings. The Kier molecular flexibility index (Phi) is 4.20. The summed E-state index contributed by atoms with van der Waals surface area (Å²) < 4.78 is 23.8. The van der Waals surface area contributed by atoms with Gasteiger partial charge in [0, 0.05) is 12.7 Å². The van der Waals surface area contributed by atoms with E-state index in [2.05, 4.69) is 0 Å². The van der Waals surface area contributed by atoms with Gasteiger partial charge < -0.3 is 15.2 Å². The van der Waals surface area contributed by atoms with Crippen LogP contribution in [0.4, 0.5) is 10.1 Å². The lowest BCUT2D eigenvalue weighted by Gasteiger charge is -2.11. The van der Waals surface area contributed by atoms with Crippen LogP contribution in [-0.2, 0) is 4.74 Å². The highest BCUT2D eigenvalue weighted by Gasteiger charge is 2.14. The van der Waals surface area contributed by atoms with Gasteiger partial charge in [-0.2, -0.15) is 0 Å². The molecule has 1 aliphatic heterocycles. The summed E-state index contributed by atoms with van der Waals surface area (Å²) >= 11 is 0. The van der Waals surface area contributed by atoms with Gasteiger partial charge in [0.2, 0.25) is 0 Å². The summed E-state index contributed by atoms with van der Waals surface area (Å²) in [6, 6.07) is 4.19. The van der Waals surface area contributed by atoms with Gasteiger partial charge in [0.05, 0.1) is 18.4 Å². The summed E-state index contributed by atoms with van der Waals surface area (Å²) in [6.07, 6.45) is 4.65. The maximum Gasteiger partial charge on any atom is 0.142 e. The van der Waals surface area contributed by atoms with Gasteiger partial charge in [-0.1, -0.05) is 0 Å². The largest absolute Gasteiger partial charge is 0.491 e. The Balaban J connectivity index is 1.70. The zero-order valence-electron chi connectivity index (χ0n) is 9.82. The van der Waals surface area contributed by atoms with Gasteiger partial charge >= 0.3 is 0 Å². The van der Waals surface area contributed by atoms with Gasteiger partial charge in [0.1, 0.15) is 11.6 Å². The second-order valence-electron chi connectivity index (χ2n) is 4.31. The monoisotopic (exact) mass is 239 g/mol. The van der Waals surface area contributed by atoms with E-state index in [-0.39, 0.29) is 5.82 Å². The maximum atomic E-state index is 12.8. The number of hydrogen-bond acceptors (Lipinski definition) is 3. The summed E-state index contributed by atoms with van der Waals surface area (Å²) in [5.74, 6) is 0.216. The van der Waals surface area contributed by atoms with Gasteiger partial charge in [-0.25, -0.2) is 4.39 Å². The van der Waals surface area contributed by atoms with Crippen molar-refractivity contribution in [1.29, 1.82) is 0 Å². The molecule has 1 aliphatic rings. The lowest BCUT2D eigenvalue weighted by atomic mass is 10.1. The number of nitrogen functional groups attached to an aromatic ring is 1. The molecule has 1 atom stereocenters. The van der Waals surface area contributed by atoms with Crippen LogP contribution in [0.3, 0.4) is 0 Å². The molecule has 0 saturated carbocycles. The van der Waals surface area contributed by atoms with Gasteiger partial charge in [-0.3, -0.25) is 0 Å². The minimum absolute atomic E-state index is 0.339. The maximum absolute atomic E-state index is 12.8. The van der Waals surface area contributed by atoms with Crippen LogP contribution >= 0.6 is 0 Å². The fourth-order valence-electron chi connectivity index (χ4n) is 2.02. The van der Waals surface area contributed by atoms with Crippen molar-refractivity contribution >= 4 is 5.69 Å². The van der Waals surface area contributed by atoms with E-state index in [1.807, 2.05) is 0 Å². The highest BCUT2D eigenvalue weighted by Crippen LogP contribution is 2.22. The molecule has 4 heteroatoms. The van der Waals surface area contributed by atoms with E-state index in [0.717, 1.165) is 32.3 Å². The van der Waals surface area contributed by atoms with E-state index in [9.17, 15) is 4.39 Å². The Labute approximate surface area is 101 Å². The van der Waals surface area contributed by atoms with Crippen molar-refractivity contribution < 1.29 is 13.9 Å². The molecule has 1 heterocycles. The Bertz CT molecular complexity index is 364. The SMILES string of the molecule is Nc1cc(F)ccc1OCCCC1CCCO1. The molecule has 2 rings (SSSR count). The van der Waals surface area contributed by atoms with E-state index in [0.29, 0.717) is 24.1 Å². The summed E-state index contributed by atoms with van der Waals surface area (Å²) in [6.45, 7) is 1.48. The molecule has 1 unspecified atom stereocenters. The highest BCUT2D eigenvalue weighted by molar-refractivity contribution is 5.52. The first kappa shape index (κ1) is 12.2. The molecule has 0 amide bonds. The molecular formula is C13H18FNO2. The smallest absolute Gasteiger partial charge is 0.142 e. The van der Waals surface area contributed by atoms with Crippen molar-refractivity contribution in [3.05, 3.63) is 24.0 Å². The minimum atomic E-state index is -0.339. The molecule has 2 N–H and O–H groups in total. The molecule has 94 valence electrons. The van der Waals surface area contributed by atoms with Crippen LogP contribution < -0.4 is 10.5 Å². The number of nitrogens with two attached hydrogens (primary N) is 1. The number of benzene rings is 1. The average molecular weight is 239 g/mol. The Morgan fingerprint density at radius 2 is 2.35 bits per heavy atom. The Morgan fingerprint density at radius 3 is 3.06 bits per heavy atom. The summed E-state index contributed by atoms with van der Waals surface area (Å²) in [5.41, 5.74) is 5.99. The molecule has 0 aliphatic carbocycles. The second kappa shape index (κ2) is 5.87. The van der Waals surface area contributed by atoms with Crippen LogP contribution in [0.1, 0.15) is 25.7 Å². The molecule has 17 heavy (non-hydrogen) atoms. The van der Waals surface area contributed by atoms with E-state index < -0.39 is 0 Å². The number of hydrogen-bond donors (Lipinski definition) is 1. The van der Waals surface area contributed by atoms with Crippen LogP contribution in [0, 0.1) is 5.82 Å². The van der Waals surface area contributed by atoms with E-state index in [4.69, 9.17) is 15.2 Å². The molecule has 0 radical (unpaired) electrons. The summed E-state index contributed by atoms with van der Waals surface area (Å²) in [7, 11) is 0. The van der Waals surface area contributed by atoms with Crippen molar-refractivity contribution in [2.24, 2.45) is 0 Å². The summed E-state index contributed by atoms with van der Waals surface area (Å²) in [4.78, 5) is 0. The second-order valence-corrected chi connectivity index (χ2v) is 4.31. The third-order valence-corrected chi connectivity index (χ3v) is 2.92. The standard InChI is InChI=1S/C13H18FNO2/c14-10-5-6-13(12(15)9-10)17-8-2-4-11-3-1-7-16-11/h5-6,9,11H,1-4,7-8,15H2. The number of halogens is 1. The number of ether oxygens (including phenoxy) is 2. The molecule has 1 saturated heterocycles. The van der Waals surface area contributed by atoms with Crippen LogP contribution in [0.2, 0.25) is 0 Å². The number of rotatable bonds is 5. The molecule has 3 nitrogen and oxygen atoms in total. The van der Waals surface area contributed by atoms with Crippen LogP contribution in [0.5, 0.6) is 5.75 Å². The van der Waals surface area contributed by atoms with Crippen molar-refractivity contribution in [3.63, 3.8) is 0 Å². The highest BCUT2D eigenvalue weighted by atomic mass is 19.1. The first-order valence-corrected chi connectivity index (χ1v) is 6.05. The fourth-order valence-corrected chi connectivity index (χ4v) is 2.02. The summed E-state index contributed by atoms with van der Waals surface area (Å²) in [5, 5.41) is 0. The molecule has 0 bridgehead atoms. The quantitative estimate of drug-likeness (QED) is 0.634. The van der Waals surface area contributed by atoms with Gasteiger partial charge in [-0.15, -0.1) is 0 Å². The lowest BCUT2D eigenvalue weighted by Crippen LogP contribution is -2.08. The Hall–Kier alpha value is -1.29. The van der Waals surface area contributed by atoms with Crippen LogP contribution in [-0.4, -0.2) is 19.3 Å². The van der Waals surface area contributed by atoms with Crippen molar-refractivity contribution in [3.8, 4) is 5.75 Å². The molecule has 1 aromatic carbocycles. The zero-order chi connectivity index (χ0) is 12.1. The zero-order valence-corrected chi connectivity index (χ0v) is 9.82. The lowest BCUT2D eigenvalue weighted by molar-refractivity contribution is 0.0982. The normalized spacial score (nSPS) is 19.5. The molecule has 0 spiro atoms.